The number of hydrogen-bond donors (Lipinski definition) is 2. The number of nitrogens with zero attached hydrogens (tertiary/aromatic N) is 4. The normalized spacial score (nSPS) is 17.1. The molecular weight excluding hydrogens is 462 g/mol. The lowest BCUT2D eigenvalue weighted by Crippen LogP contribution is -2.48. The van der Waals surface area contributed by atoms with Crippen LogP contribution in [0.3, 0.4) is 0 Å². The summed E-state index contributed by atoms with van der Waals surface area (Å²) in [5.41, 5.74) is -0.254. The number of carboxylic acids is 1. The quantitative estimate of drug-likeness (QED) is 0.464. The maximum Gasteiger partial charge on any atom is 0.354 e. The zero-order valence-electron chi connectivity index (χ0n) is 20.1. The van der Waals surface area contributed by atoms with Crippen molar-refractivity contribution in [1.29, 1.82) is 0 Å². The number of benzene rings is 1. The average molecular weight is 492 g/mol. The van der Waals surface area contributed by atoms with Gasteiger partial charge in [0.2, 0.25) is 11.8 Å². The Bertz CT molecular complexity index is 1350. The number of rotatable bonds is 9. The van der Waals surface area contributed by atoms with Gasteiger partial charge in [-0.3, -0.25) is 9.36 Å². The largest absolute Gasteiger partial charge is 0.481 e. The Balaban J connectivity index is 1.39. The SMILES string of the molecule is C[C@@H](Cn1c(=O)nc(Nc2ccc(Oc3ccccn3)cc2)n(CC2CC3(CCC3)C2)c1=O)C(=O)O. The van der Waals surface area contributed by atoms with Crippen LogP contribution >= 0.6 is 0 Å². The van der Waals surface area contributed by atoms with Crippen molar-refractivity contribution in [2.45, 2.75) is 52.1 Å². The third-order valence-corrected chi connectivity index (χ3v) is 7.30. The lowest BCUT2D eigenvalue weighted by Gasteiger charge is -2.54. The summed E-state index contributed by atoms with van der Waals surface area (Å²) in [6.45, 7) is 1.67. The molecule has 0 saturated heterocycles. The van der Waals surface area contributed by atoms with Gasteiger partial charge in [0.15, 0.2) is 0 Å². The fraction of sp³-hybridized carbons (Fsp3) is 0.423. The van der Waals surface area contributed by atoms with Crippen LogP contribution in [0.5, 0.6) is 11.6 Å². The van der Waals surface area contributed by atoms with Gasteiger partial charge in [0.25, 0.3) is 0 Å². The Kier molecular flexibility index (Phi) is 6.34. The summed E-state index contributed by atoms with van der Waals surface area (Å²) in [5, 5.41) is 12.4. The van der Waals surface area contributed by atoms with Gasteiger partial charge in [0.05, 0.1) is 5.92 Å². The first-order valence-corrected chi connectivity index (χ1v) is 12.2. The Hall–Kier alpha value is -3.95. The van der Waals surface area contributed by atoms with E-state index in [-0.39, 0.29) is 12.5 Å². The summed E-state index contributed by atoms with van der Waals surface area (Å²) in [7, 11) is 0. The van der Waals surface area contributed by atoms with Gasteiger partial charge < -0.3 is 15.2 Å². The summed E-state index contributed by atoms with van der Waals surface area (Å²) in [5.74, 6) is -0.438. The second kappa shape index (κ2) is 9.60. The van der Waals surface area contributed by atoms with Crippen molar-refractivity contribution in [3.8, 4) is 11.6 Å². The summed E-state index contributed by atoms with van der Waals surface area (Å²) < 4.78 is 8.12. The van der Waals surface area contributed by atoms with Gasteiger partial charge in [-0.05, 0) is 67.3 Å². The Morgan fingerprint density at radius 1 is 1.17 bits per heavy atom. The van der Waals surface area contributed by atoms with Crippen molar-refractivity contribution < 1.29 is 14.6 Å². The molecule has 2 fully saturated rings. The van der Waals surface area contributed by atoms with E-state index in [9.17, 15) is 19.5 Å². The molecule has 1 atom stereocenters. The number of hydrogen-bond acceptors (Lipinski definition) is 7. The number of ether oxygens (including phenoxy) is 1. The molecule has 2 N–H and O–H groups in total. The molecule has 2 saturated carbocycles. The molecule has 0 aliphatic heterocycles. The highest BCUT2D eigenvalue weighted by atomic mass is 16.5. The topological polar surface area (TPSA) is 128 Å². The van der Waals surface area contributed by atoms with Crippen molar-refractivity contribution in [2.75, 3.05) is 5.32 Å². The van der Waals surface area contributed by atoms with Crippen LogP contribution < -0.4 is 21.4 Å². The van der Waals surface area contributed by atoms with Crippen molar-refractivity contribution in [3.63, 3.8) is 0 Å². The minimum atomic E-state index is -1.08. The molecule has 0 unspecified atom stereocenters. The summed E-state index contributed by atoms with van der Waals surface area (Å²) >= 11 is 0. The highest BCUT2D eigenvalue weighted by Crippen LogP contribution is 2.58. The van der Waals surface area contributed by atoms with Crippen LogP contribution in [0.15, 0.2) is 58.3 Å². The van der Waals surface area contributed by atoms with Crippen molar-refractivity contribution >= 4 is 17.6 Å². The van der Waals surface area contributed by atoms with Gasteiger partial charge in [-0.15, -0.1) is 0 Å². The zero-order valence-corrected chi connectivity index (χ0v) is 20.1. The number of carbonyl (C=O) groups is 1. The number of aromatic nitrogens is 4. The first kappa shape index (κ1) is 23.8. The van der Waals surface area contributed by atoms with Crippen molar-refractivity contribution in [1.82, 2.24) is 19.1 Å². The lowest BCUT2D eigenvalue weighted by atomic mass is 9.52. The molecule has 0 bridgehead atoms. The molecule has 10 heteroatoms. The molecule has 1 aromatic carbocycles. The molecule has 188 valence electrons. The molecule has 5 rings (SSSR count). The Labute approximate surface area is 207 Å². The lowest BCUT2D eigenvalue weighted by molar-refractivity contribution is -0.141. The fourth-order valence-electron chi connectivity index (χ4n) is 5.20. The smallest absolute Gasteiger partial charge is 0.354 e. The predicted molar refractivity (Wildman–Crippen MR) is 133 cm³/mol. The molecule has 3 aromatic rings. The minimum absolute atomic E-state index is 0.150. The van der Waals surface area contributed by atoms with E-state index < -0.39 is 23.3 Å². The van der Waals surface area contributed by atoms with E-state index in [1.807, 2.05) is 6.07 Å². The summed E-state index contributed by atoms with van der Waals surface area (Å²) in [4.78, 5) is 45.7. The molecule has 2 aliphatic rings. The molecule has 2 aliphatic carbocycles. The molecule has 2 aromatic heterocycles. The van der Waals surface area contributed by atoms with Gasteiger partial charge in [-0.2, -0.15) is 4.98 Å². The van der Waals surface area contributed by atoms with Gasteiger partial charge in [0.1, 0.15) is 5.75 Å². The maximum atomic E-state index is 13.4. The second-order valence-electron chi connectivity index (χ2n) is 10.0. The van der Waals surface area contributed by atoms with Gasteiger partial charge in [-0.1, -0.05) is 19.4 Å². The monoisotopic (exact) mass is 491 g/mol. The van der Waals surface area contributed by atoms with Gasteiger partial charge in [0, 0.05) is 31.0 Å². The van der Waals surface area contributed by atoms with E-state index in [1.54, 1.807) is 42.6 Å². The Morgan fingerprint density at radius 2 is 1.92 bits per heavy atom. The summed E-state index contributed by atoms with van der Waals surface area (Å²) in [6.07, 6.45) is 7.50. The van der Waals surface area contributed by atoms with Crippen LogP contribution in [0, 0.1) is 17.3 Å². The molecular formula is C26H29N5O5. The Morgan fingerprint density at radius 3 is 2.53 bits per heavy atom. The molecule has 0 radical (unpaired) electrons. The highest BCUT2D eigenvalue weighted by molar-refractivity contribution is 5.69. The van der Waals surface area contributed by atoms with Crippen LogP contribution in [0.25, 0.3) is 0 Å². The molecule has 2 heterocycles. The second-order valence-corrected chi connectivity index (χ2v) is 10.0. The van der Waals surface area contributed by atoms with E-state index in [2.05, 4.69) is 15.3 Å². The number of nitrogens with one attached hydrogen (secondary N) is 1. The maximum absolute atomic E-state index is 13.4. The fourth-order valence-corrected chi connectivity index (χ4v) is 5.20. The van der Waals surface area contributed by atoms with Crippen LogP contribution in [0.2, 0.25) is 0 Å². The van der Waals surface area contributed by atoms with Gasteiger partial charge in [-0.25, -0.2) is 19.1 Å². The third kappa shape index (κ3) is 4.89. The third-order valence-electron chi connectivity index (χ3n) is 7.30. The first-order chi connectivity index (χ1) is 17.3. The van der Waals surface area contributed by atoms with Crippen molar-refractivity contribution in [2.24, 2.45) is 17.3 Å². The number of anilines is 2. The average Bonchev–Trinajstić information content (AvgIpc) is 2.81. The van der Waals surface area contributed by atoms with Crippen LogP contribution in [0.1, 0.15) is 39.0 Å². The highest BCUT2D eigenvalue weighted by Gasteiger charge is 2.48. The standard InChI is InChI=1S/C26H29N5O5/c1-17(22(32)33)15-31-24(34)29-23(30(25(31)35)16-18-13-26(14-18)10-4-11-26)28-19-6-8-20(9-7-19)36-21-5-2-3-12-27-21/h2-3,5-9,12,17-18H,4,10-11,13-16H2,1H3,(H,32,33)(H,28,29,34)/t17-/m0/s1. The first-order valence-electron chi connectivity index (χ1n) is 12.2. The van der Waals surface area contributed by atoms with E-state index in [0.717, 1.165) is 17.4 Å². The number of carboxylic acid groups (broad SMARTS) is 1. The van der Waals surface area contributed by atoms with E-state index in [4.69, 9.17) is 4.74 Å². The van der Waals surface area contributed by atoms with Crippen LogP contribution in [-0.2, 0) is 17.9 Å². The summed E-state index contributed by atoms with van der Waals surface area (Å²) in [6, 6.07) is 12.4. The molecule has 10 nitrogen and oxygen atoms in total. The van der Waals surface area contributed by atoms with Crippen LogP contribution in [0.4, 0.5) is 11.6 Å². The van der Waals surface area contributed by atoms with E-state index in [1.165, 1.54) is 30.8 Å². The molecule has 0 amide bonds. The van der Waals surface area contributed by atoms with Gasteiger partial charge >= 0.3 is 17.3 Å². The van der Waals surface area contributed by atoms with E-state index in [0.29, 0.717) is 35.2 Å². The zero-order chi connectivity index (χ0) is 25.3. The van der Waals surface area contributed by atoms with Crippen molar-refractivity contribution in [3.05, 3.63) is 69.6 Å². The number of aliphatic carboxylic acids is 1. The molecule has 1 spiro atoms. The van der Waals surface area contributed by atoms with Crippen LogP contribution in [-0.4, -0.2) is 30.2 Å². The van der Waals surface area contributed by atoms with E-state index >= 15 is 0 Å². The molecule has 36 heavy (non-hydrogen) atoms. The predicted octanol–water partition coefficient (Wildman–Crippen LogP) is 3.64. The minimum Gasteiger partial charge on any atom is -0.481 e. The number of pyridine rings is 1.